The highest BCUT2D eigenvalue weighted by Crippen LogP contribution is 2.30. The number of hydrogen-bond donors (Lipinski definition) is 2. The molecule has 3 fully saturated rings. The van der Waals surface area contributed by atoms with E-state index in [1.807, 2.05) is 0 Å². The van der Waals surface area contributed by atoms with Gasteiger partial charge in [-0.3, -0.25) is 0 Å². The van der Waals surface area contributed by atoms with Gasteiger partial charge in [0.1, 0.15) is 0 Å². The van der Waals surface area contributed by atoms with Gasteiger partial charge in [-0.2, -0.15) is 0 Å². The van der Waals surface area contributed by atoms with E-state index >= 15 is 0 Å². The Labute approximate surface area is 159 Å². The lowest BCUT2D eigenvalue weighted by Gasteiger charge is -2.32. The SMILES string of the molecule is O=S(=O)(NC1CCCCC1)C1CCCC(S(=O)(=O)NC2CCCCC2)C1. The van der Waals surface area contributed by atoms with Crippen molar-refractivity contribution in [3.05, 3.63) is 0 Å². The van der Waals surface area contributed by atoms with Crippen molar-refractivity contribution in [2.75, 3.05) is 0 Å². The summed E-state index contributed by atoms with van der Waals surface area (Å²) in [5, 5.41) is -1.16. The molecule has 3 saturated carbocycles. The van der Waals surface area contributed by atoms with Crippen LogP contribution in [-0.2, 0) is 20.0 Å². The van der Waals surface area contributed by atoms with Crippen molar-refractivity contribution in [3.63, 3.8) is 0 Å². The number of nitrogens with one attached hydrogen (secondary N) is 2. The summed E-state index contributed by atoms with van der Waals surface area (Å²) in [6.07, 6.45) is 12.2. The first-order valence-corrected chi connectivity index (χ1v) is 13.5. The zero-order chi connectivity index (χ0) is 18.6. The Morgan fingerprint density at radius 2 is 0.885 bits per heavy atom. The summed E-state index contributed by atoms with van der Waals surface area (Å²) in [5.74, 6) is 0. The summed E-state index contributed by atoms with van der Waals surface area (Å²) < 4.78 is 56.9. The third kappa shape index (κ3) is 5.42. The molecule has 0 aromatic rings. The molecule has 0 heterocycles. The molecule has 0 bridgehead atoms. The van der Waals surface area contributed by atoms with Crippen LogP contribution in [0, 0.1) is 0 Å². The normalized spacial score (nSPS) is 30.3. The summed E-state index contributed by atoms with van der Waals surface area (Å²) >= 11 is 0. The zero-order valence-corrected chi connectivity index (χ0v) is 17.3. The summed E-state index contributed by atoms with van der Waals surface area (Å²) in [6.45, 7) is 0. The largest absolute Gasteiger partial charge is 0.214 e. The van der Waals surface area contributed by atoms with Gasteiger partial charge in [-0.15, -0.1) is 0 Å². The molecule has 0 aromatic heterocycles. The van der Waals surface area contributed by atoms with Crippen molar-refractivity contribution in [1.29, 1.82) is 0 Å². The number of hydrogen-bond acceptors (Lipinski definition) is 4. The van der Waals surface area contributed by atoms with Crippen LogP contribution in [0.25, 0.3) is 0 Å². The Kier molecular flexibility index (Phi) is 7.02. The highest BCUT2D eigenvalue weighted by molar-refractivity contribution is 7.91. The van der Waals surface area contributed by atoms with Crippen molar-refractivity contribution in [1.82, 2.24) is 9.44 Å². The minimum atomic E-state index is -3.45. The standard InChI is InChI=1S/C18H34N2O4S2/c21-25(22,19-15-8-3-1-4-9-15)17-12-7-13-18(14-17)26(23,24)20-16-10-5-2-6-11-16/h15-20H,1-14H2. The molecule has 3 aliphatic carbocycles. The molecule has 0 aromatic carbocycles. The molecule has 0 radical (unpaired) electrons. The Morgan fingerprint density at radius 1 is 0.500 bits per heavy atom. The Balaban J connectivity index is 1.60. The van der Waals surface area contributed by atoms with Crippen LogP contribution in [0.1, 0.15) is 89.9 Å². The maximum Gasteiger partial charge on any atom is 0.214 e. The lowest BCUT2D eigenvalue weighted by atomic mass is 9.96. The molecule has 2 atom stereocenters. The molecule has 3 rings (SSSR count). The maximum absolute atomic E-state index is 12.8. The molecular weight excluding hydrogens is 372 g/mol. The third-order valence-corrected chi connectivity index (χ3v) is 10.3. The van der Waals surface area contributed by atoms with Gasteiger partial charge in [-0.25, -0.2) is 26.3 Å². The first kappa shape index (κ1) is 20.6. The third-order valence-electron chi connectivity index (χ3n) is 6.33. The van der Waals surface area contributed by atoms with E-state index in [2.05, 4.69) is 9.44 Å². The van der Waals surface area contributed by atoms with Crippen LogP contribution < -0.4 is 9.44 Å². The van der Waals surface area contributed by atoms with Gasteiger partial charge in [0, 0.05) is 12.1 Å². The fourth-order valence-electron chi connectivity index (χ4n) is 4.76. The van der Waals surface area contributed by atoms with Crippen LogP contribution in [-0.4, -0.2) is 39.4 Å². The first-order chi connectivity index (χ1) is 12.4. The lowest BCUT2D eigenvalue weighted by molar-refractivity contribution is 0.397. The van der Waals surface area contributed by atoms with E-state index in [9.17, 15) is 16.8 Å². The summed E-state index contributed by atoms with van der Waals surface area (Å²) in [7, 11) is -6.90. The molecule has 2 unspecified atom stereocenters. The molecule has 8 heteroatoms. The minimum Gasteiger partial charge on any atom is -0.212 e. The van der Waals surface area contributed by atoms with Crippen LogP contribution in [0.4, 0.5) is 0 Å². The molecule has 0 aliphatic heterocycles. The van der Waals surface area contributed by atoms with Crippen LogP contribution in [0.5, 0.6) is 0 Å². The van der Waals surface area contributed by atoms with Crippen molar-refractivity contribution in [2.24, 2.45) is 0 Å². The van der Waals surface area contributed by atoms with Crippen molar-refractivity contribution in [2.45, 2.75) is 112 Å². The monoisotopic (exact) mass is 406 g/mol. The predicted molar refractivity (Wildman–Crippen MR) is 104 cm³/mol. The van der Waals surface area contributed by atoms with Crippen molar-refractivity contribution >= 4 is 20.0 Å². The van der Waals surface area contributed by atoms with Crippen LogP contribution in [0.2, 0.25) is 0 Å². The Bertz CT molecular complexity index is 595. The topological polar surface area (TPSA) is 92.3 Å². The molecule has 2 N–H and O–H groups in total. The van der Waals surface area contributed by atoms with E-state index in [1.54, 1.807) is 0 Å². The molecule has 0 saturated heterocycles. The van der Waals surface area contributed by atoms with E-state index in [-0.39, 0.29) is 18.5 Å². The molecular formula is C18H34N2O4S2. The highest BCUT2D eigenvalue weighted by atomic mass is 32.2. The van der Waals surface area contributed by atoms with E-state index in [4.69, 9.17) is 0 Å². The predicted octanol–water partition coefficient (Wildman–Crippen LogP) is 2.80. The van der Waals surface area contributed by atoms with E-state index in [0.29, 0.717) is 19.3 Å². The highest BCUT2D eigenvalue weighted by Gasteiger charge is 2.39. The Hall–Kier alpha value is -0.180. The molecule has 152 valence electrons. The first-order valence-electron chi connectivity index (χ1n) is 10.4. The van der Waals surface area contributed by atoms with E-state index < -0.39 is 30.5 Å². The quantitative estimate of drug-likeness (QED) is 0.709. The van der Waals surface area contributed by atoms with Crippen LogP contribution >= 0.6 is 0 Å². The average molecular weight is 407 g/mol. The van der Waals surface area contributed by atoms with Gasteiger partial charge in [-0.05, 0) is 44.9 Å². The van der Waals surface area contributed by atoms with Crippen molar-refractivity contribution in [3.8, 4) is 0 Å². The fourth-order valence-corrected chi connectivity index (χ4v) is 8.60. The molecule has 0 amide bonds. The van der Waals surface area contributed by atoms with Gasteiger partial charge in [0.2, 0.25) is 20.0 Å². The summed E-state index contributed by atoms with van der Waals surface area (Å²) in [4.78, 5) is 0. The molecule has 6 nitrogen and oxygen atoms in total. The molecule has 26 heavy (non-hydrogen) atoms. The van der Waals surface area contributed by atoms with Gasteiger partial charge >= 0.3 is 0 Å². The molecule has 0 spiro atoms. The smallest absolute Gasteiger partial charge is 0.212 e. The van der Waals surface area contributed by atoms with E-state index in [1.165, 1.54) is 12.8 Å². The van der Waals surface area contributed by atoms with Crippen LogP contribution in [0.3, 0.4) is 0 Å². The fraction of sp³-hybridized carbons (Fsp3) is 1.00. The number of rotatable bonds is 6. The summed E-state index contributed by atoms with van der Waals surface area (Å²) in [5.41, 5.74) is 0. The van der Waals surface area contributed by atoms with Gasteiger partial charge < -0.3 is 0 Å². The Morgan fingerprint density at radius 3 is 1.27 bits per heavy atom. The van der Waals surface area contributed by atoms with Gasteiger partial charge in [0.05, 0.1) is 10.5 Å². The van der Waals surface area contributed by atoms with Gasteiger partial charge in [-0.1, -0.05) is 44.9 Å². The van der Waals surface area contributed by atoms with Crippen molar-refractivity contribution < 1.29 is 16.8 Å². The zero-order valence-electron chi connectivity index (χ0n) is 15.7. The second-order valence-corrected chi connectivity index (χ2v) is 12.4. The average Bonchev–Trinajstić information content (AvgIpc) is 2.63. The number of sulfonamides is 2. The van der Waals surface area contributed by atoms with E-state index in [0.717, 1.165) is 51.4 Å². The van der Waals surface area contributed by atoms with Crippen LogP contribution in [0.15, 0.2) is 0 Å². The minimum absolute atomic E-state index is 0.0334. The van der Waals surface area contributed by atoms with Gasteiger partial charge in [0.25, 0.3) is 0 Å². The summed E-state index contributed by atoms with van der Waals surface area (Å²) in [6, 6.07) is 0.0668. The lowest BCUT2D eigenvalue weighted by Crippen LogP contribution is -2.48. The second-order valence-electron chi connectivity index (χ2n) is 8.41. The maximum atomic E-state index is 12.8. The van der Waals surface area contributed by atoms with Gasteiger partial charge in [0.15, 0.2) is 0 Å². The second kappa shape index (κ2) is 8.88. The molecule has 3 aliphatic rings.